The second-order valence-electron chi connectivity index (χ2n) is 4.46. The molecule has 2 N–H and O–H groups in total. The van der Waals surface area contributed by atoms with Gasteiger partial charge in [-0.1, -0.05) is 12.1 Å². The Labute approximate surface area is 113 Å². The van der Waals surface area contributed by atoms with Crippen molar-refractivity contribution in [3.8, 4) is 0 Å². The zero-order valence-corrected chi connectivity index (χ0v) is 10.5. The van der Waals surface area contributed by atoms with Gasteiger partial charge >= 0.3 is 5.76 Å². The van der Waals surface area contributed by atoms with Crippen LogP contribution < -0.4 is 11.5 Å². The molecule has 3 aromatic rings. The molecule has 2 aromatic heterocycles. The Morgan fingerprint density at radius 3 is 2.80 bits per heavy atom. The Morgan fingerprint density at radius 1 is 1.30 bits per heavy atom. The lowest BCUT2D eigenvalue weighted by atomic mass is 10.1. The Morgan fingerprint density at radius 2 is 2.05 bits per heavy atom. The minimum absolute atomic E-state index is 0.217. The van der Waals surface area contributed by atoms with Gasteiger partial charge in [-0.05, 0) is 29.8 Å². The summed E-state index contributed by atoms with van der Waals surface area (Å²) >= 11 is 0. The summed E-state index contributed by atoms with van der Waals surface area (Å²) in [5.74, 6) is -0.829. The summed E-state index contributed by atoms with van der Waals surface area (Å²) in [4.78, 5) is 15.9. The fourth-order valence-corrected chi connectivity index (χ4v) is 2.07. The molecule has 0 radical (unpaired) electrons. The SMILES string of the molecule is NC(Cn1c(=O)oc2cccnc21)c1ccc(F)cc1. The predicted octanol–water partition coefficient (Wildman–Crippen LogP) is 1.83. The number of benzene rings is 1. The van der Waals surface area contributed by atoms with Gasteiger partial charge in [-0.15, -0.1) is 0 Å². The van der Waals surface area contributed by atoms with Gasteiger partial charge in [-0.2, -0.15) is 0 Å². The van der Waals surface area contributed by atoms with E-state index in [1.54, 1.807) is 30.5 Å². The first-order valence-corrected chi connectivity index (χ1v) is 6.10. The predicted molar refractivity (Wildman–Crippen MR) is 71.6 cm³/mol. The molecule has 0 spiro atoms. The van der Waals surface area contributed by atoms with Gasteiger partial charge < -0.3 is 10.2 Å². The quantitative estimate of drug-likeness (QED) is 0.790. The topological polar surface area (TPSA) is 74.0 Å². The van der Waals surface area contributed by atoms with Gasteiger partial charge in [0.25, 0.3) is 0 Å². The summed E-state index contributed by atoms with van der Waals surface area (Å²) in [6.07, 6.45) is 1.58. The summed E-state index contributed by atoms with van der Waals surface area (Å²) < 4.78 is 19.3. The minimum Gasteiger partial charge on any atom is -0.406 e. The van der Waals surface area contributed by atoms with E-state index in [1.165, 1.54) is 16.7 Å². The molecular formula is C14H12FN3O2. The summed E-state index contributed by atoms with van der Waals surface area (Å²) in [5.41, 5.74) is 7.66. The van der Waals surface area contributed by atoms with Gasteiger partial charge in [0, 0.05) is 12.2 Å². The molecule has 0 aliphatic rings. The molecule has 0 amide bonds. The van der Waals surface area contributed by atoms with E-state index in [4.69, 9.17) is 10.2 Å². The van der Waals surface area contributed by atoms with Crippen molar-refractivity contribution in [2.45, 2.75) is 12.6 Å². The third-order valence-electron chi connectivity index (χ3n) is 3.10. The number of aromatic nitrogens is 2. The second-order valence-corrected chi connectivity index (χ2v) is 4.46. The molecule has 1 unspecified atom stereocenters. The number of oxazole rings is 1. The van der Waals surface area contributed by atoms with E-state index in [0.29, 0.717) is 11.2 Å². The Hall–Kier alpha value is -2.47. The highest BCUT2D eigenvalue weighted by atomic mass is 19.1. The zero-order chi connectivity index (χ0) is 14.1. The summed E-state index contributed by atoms with van der Waals surface area (Å²) in [6.45, 7) is 0.217. The number of pyridine rings is 1. The normalized spacial score (nSPS) is 12.7. The van der Waals surface area contributed by atoms with Gasteiger partial charge in [0.05, 0.1) is 6.54 Å². The molecule has 20 heavy (non-hydrogen) atoms. The van der Waals surface area contributed by atoms with Crippen LogP contribution in [0.3, 0.4) is 0 Å². The molecule has 0 bridgehead atoms. The number of hydrogen-bond acceptors (Lipinski definition) is 4. The number of nitrogens with two attached hydrogens (primary N) is 1. The highest BCUT2D eigenvalue weighted by molar-refractivity contribution is 5.67. The maximum atomic E-state index is 12.9. The first kappa shape index (κ1) is 12.6. The van der Waals surface area contributed by atoms with E-state index < -0.39 is 11.8 Å². The van der Waals surface area contributed by atoms with Gasteiger partial charge in [0.15, 0.2) is 11.2 Å². The minimum atomic E-state index is -0.503. The molecule has 3 rings (SSSR count). The van der Waals surface area contributed by atoms with Gasteiger partial charge in [0.1, 0.15) is 5.82 Å². The molecular weight excluding hydrogens is 261 g/mol. The van der Waals surface area contributed by atoms with Crippen LogP contribution in [0.15, 0.2) is 51.8 Å². The molecule has 0 saturated carbocycles. The number of rotatable bonds is 3. The summed E-state index contributed by atoms with van der Waals surface area (Å²) in [5, 5.41) is 0. The number of halogens is 1. The molecule has 0 saturated heterocycles. The van der Waals surface area contributed by atoms with Crippen molar-refractivity contribution in [1.82, 2.24) is 9.55 Å². The van der Waals surface area contributed by atoms with Crippen LogP contribution in [0.4, 0.5) is 4.39 Å². The third-order valence-corrected chi connectivity index (χ3v) is 3.10. The van der Waals surface area contributed by atoms with E-state index in [1.807, 2.05) is 0 Å². The van der Waals surface area contributed by atoms with Crippen molar-refractivity contribution in [3.05, 3.63) is 64.5 Å². The lowest BCUT2D eigenvalue weighted by Gasteiger charge is -2.11. The average Bonchev–Trinajstić information content (AvgIpc) is 2.76. The van der Waals surface area contributed by atoms with Crippen LogP contribution in [-0.4, -0.2) is 9.55 Å². The lowest BCUT2D eigenvalue weighted by Crippen LogP contribution is -2.24. The molecule has 0 fully saturated rings. The zero-order valence-electron chi connectivity index (χ0n) is 10.5. The van der Waals surface area contributed by atoms with Crippen LogP contribution in [0.25, 0.3) is 11.2 Å². The molecule has 6 heteroatoms. The molecule has 0 aliphatic carbocycles. The van der Waals surface area contributed by atoms with Crippen molar-refractivity contribution in [3.63, 3.8) is 0 Å². The van der Waals surface area contributed by atoms with Gasteiger partial charge in [0.2, 0.25) is 0 Å². The Kier molecular flexibility index (Phi) is 3.08. The first-order chi connectivity index (χ1) is 9.65. The van der Waals surface area contributed by atoms with Crippen LogP contribution >= 0.6 is 0 Å². The van der Waals surface area contributed by atoms with Gasteiger partial charge in [-0.25, -0.2) is 14.2 Å². The monoisotopic (exact) mass is 273 g/mol. The van der Waals surface area contributed by atoms with Crippen molar-refractivity contribution in [2.75, 3.05) is 0 Å². The average molecular weight is 273 g/mol. The standard InChI is InChI=1S/C14H12FN3O2/c15-10-5-3-9(4-6-10)11(16)8-18-13-12(20-14(18)19)2-1-7-17-13/h1-7,11H,8,16H2. The molecule has 102 valence electrons. The van der Waals surface area contributed by atoms with Crippen molar-refractivity contribution >= 4 is 11.2 Å². The third kappa shape index (κ3) is 2.21. The van der Waals surface area contributed by atoms with Crippen LogP contribution in [0, 0.1) is 5.82 Å². The van der Waals surface area contributed by atoms with Crippen LogP contribution in [-0.2, 0) is 6.54 Å². The summed E-state index contributed by atoms with van der Waals surface area (Å²) in [6, 6.07) is 8.78. The fourth-order valence-electron chi connectivity index (χ4n) is 2.07. The number of hydrogen-bond donors (Lipinski definition) is 1. The van der Waals surface area contributed by atoms with E-state index in [-0.39, 0.29) is 12.4 Å². The lowest BCUT2D eigenvalue weighted by molar-refractivity contribution is 0.479. The van der Waals surface area contributed by atoms with Gasteiger partial charge in [-0.3, -0.25) is 4.57 Å². The van der Waals surface area contributed by atoms with Crippen molar-refractivity contribution in [1.29, 1.82) is 0 Å². The molecule has 1 atom stereocenters. The smallest absolute Gasteiger partial charge is 0.406 e. The highest BCUT2D eigenvalue weighted by Crippen LogP contribution is 2.15. The Balaban J connectivity index is 1.95. The highest BCUT2D eigenvalue weighted by Gasteiger charge is 2.14. The largest absolute Gasteiger partial charge is 0.421 e. The first-order valence-electron chi connectivity index (χ1n) is 6.10. The maximum absolute atomic E-state index is 12.9. The second kappa shape index (κ2) is 4.90. The van der Waals surface area contributed by atoms with E-state index in [0.717, 1.165) is 5.56 Å². The van der Waals surface area contributed by atoms with E-state index >= 15 is 0 Å². The maximum Gasteiger partial charge on any atom is 0.421 e. The van der Waals surface area contributed by atoms with E-state index in [9.17, 15) is 9.18 Å². The van der Waals surface area contributed by atoms with Crippen LogP contribution in [0.1, 0.15) is 11.6 Å². The number of fused-ring (bicyclic) bond motifs is 1. The van der Waals surface area contributed by atoms with Crippen LogP contribution in [0.5, 0.6) is 0 Å². The molecule has 0 aliphatic heterocycles. The van der Waals surface area contributed by atoms with Crippen molar-refractivity contribution in [2.24, 2.45) is 5.73 Å². The number of nitrogens with zero attached hydrogens (tertiary/aromatic N) is 2. The Bertz CT molecular complexity index is 792. The van der Waals surface area contributed by atoms with Crippen molar-refractivity contribution < 1.29 is 8.81 Å². The molecule has 1 aromatic carbocycles. The summed E-state index contributed by atoms with van der Waals surface area (Å²) in [7, 11) is 0. The fraction of sp³-hybridized carbons (Fsp3) is 0.143. The molecule has 2 heterocycles. The van der Waals surface area contributed by atoms with E-state index in [2.05, 4.69) is 4.98 Å². The molecule has 5 nitrogen and oxygen atoms in total. The van der Waals surface area contributed by atoms with Crippen LogP contribution in [0.2, 0.25) is 0 Å².